The highest BCUT2D eigenvalue weighted by Gasteiger charge is 2.32. The molecule has 13 heteroatoms. The number of carbonyl (C=O) groups excluding carboxylic acids is 1. The Morgan fingerprint density at radius 2 is 1.94 bits per heavy atom. The third-order valence-corrected chi connectivity index (χ3v) is 5.82. The van der Waals surface area contributed by atoms with E-state index in [0.717, 1.165) is 12.3 Å². The van der Waals surface area contributed by atoms with Crippen LogP contribution in [0.15, 0.2) is 47.1 Å². The SMILES string of the molecule is O=C(NC1CN(c2nc3c(cc2F)c(=O)c(C(=O)O)cn3-c2nccs2)C1)c1ncccn1. The number of fused-ring (bicyclic) bond motifs is 1. The fourth-order valence-corrected chi connectivity index (χ4v) is 4.10. The lowest BCUT2D eigenvalue weighted by atomic mass is 10.1. The summed E-state index contributed by atoms with van der Waals surface area (Å²) < 4.78 is 16.3. The Balaban J connectivity index is 1.47. The number of hydrogen-bond acceptors (Lipinski definition) is 9. The number of anilines is 1. The summed E-state index contributed by atoms with van der Waals surface area (Å²) in [5.74, 6) is -2.63. The van der Waals surface area contributed by atoms with E-state index in [1.807, 2.05) is 0 Å². The van der Waals surface area contributed by atoms with Gasteiger partial charge in [0.15, 0.2) is 22.4 Å². The van der Waals surface area contributed by atoms with Gasteiger partial charge in [-0.15, -0.1) is 11.3 Å². The molecule has 33 heavy (non-hydrogen) atoms. The second-order valence-corrected chi connectivity index (χ2v) is 8.05. The molecule has 4 aromatic rings. The van der Waals surface area contributed by atoms with E-state index in [-0.39, 0.29) is 41.8 Å². The first-order valence-electron chi connectivity index (χ1n) is 9.64. The Morgan fingerprint density at radius 3 is 2.61 bits per heavy atom. The number of aromatic nitrogens is 5. The fourth-order valence-electron chi connectivity index (χ4n) is 3.48. The predicted octanol–water partition coefficient (Wildman–Crippen LogP) is 1.09. The van der Waals surface area contributed by atoms with E-state index in [1.165, 1.54) is 34.5 Å². The molecular weight excluding hydrogens is 453 g/mol. The van der Waals surface area contributed by atoms with E-state index in [1.54, 1.807) is 16.3 Å². The fraction of sp³-hybridized carbons (Fsp3) is 0.150. The number of nitrogens with zero attached hydrogens (tertiary/aromatic N) is 6. The van der Waals surface area contributed by atoms with Crippen molar-refractivity contribution in [2.45, 2.75) is 6.04 Å². The van der Waals surface area contributed by atoms with Crippen LogP contribution in [0.3, 0.4) is 0 Å². The molecule has 0 bridgehead atoms. The van der Waals surface area contributed by atoms with Crippen LogP contribution in [0.1, 0.15) is 21.0 Å². The number of aromatic carboxylic acids is 1. The summed E-state index contributed by atoms with van der Waals surface area (Å²) in [5, 5.41) is 14.1. The molecule has 1 amide bonds. The van der Waals surface area contributed by atoms with Crippen LogP contribution in [-0.4, -0.2) is 60.6 Å². The van der Waals surface area contributed by atoms with Crippen LogP contribution in [0.4, 0.5) is 10.2 Å². The number of pyridine rings is 2. The number of carboxylic acids is 1. The zero-order chi connectivity index (χ0) is 23.1. The standard InChI is InChI=1S/C20H14FN7O4S/c21-13-6-11-14(29)12(19(31)32)9-28(20-24-4-5-33-20)16(11)26-17(13)27-7-10(8-27)25-18(30)15-22-2-1-3-23-15/h1-6,9-10H,7-8H2,(H,25,30)(H,31,32). The Kier molecular flexibility index (Phi) is 5.01. The van der Waals surface area contributed by atoms with Crippen molar-refractivity contribution in [3.05, 3.63) is 69.7 Å². The summed E-state index contributed by atoms with van der Waals surface area (Å²) in [7, 11) is 0. The van der Waals surface area contributed by atoms with Gasteiger partial charge in [-0.1, -0.05) is 0 Å². The molecule has 0 atom stereocenters. The highest BCUT2D eigenvalue weighted by Crippen LogP contribution is 2.27. The van der Waals surface area contributed by atoms with Gasteiger partial charge in [-0.25, -0.2) is 29.1 Å². The van der Waals surface area contributed by atoms with Crippen molar-refractivity contribution in [3.8, 4) is 5.13 Å². The van der Waals surface area contributed by atoms with Gasteiger partial charge in [-0.3, -0.25) is 14.2 Å². The molecule has 1 aliphatic heterocycles. The largest absolute Gasteiger partial charge is 0.477 e. The van der Waals surface area contributed by atoms with E-state index in [4.69, 9.17) is 0 Å². The van der Waals surface area contributed by atoms with Gasteiger partial charge in [0, 0.05) is 43.3 Å². The molecule has 0 radical (unpaired) electrons. The molecule has 0 spiro atoms. The zero-order valence-corrected chi connectivity index (χ0v) is 17.5. The minimum absolute atomic E-state index is 0.0169. The zero-order valence-electron chi connectivity index (χ0n) is 16.7. The second kappa shape index (κ2) is 8.02. The highest BCUT2D eigenvalue weighted by atomic mass is 32.1. The average molecular weight is 467 g/mol. The Bertz CT molecular complexity index is 1440. The molecule has 5 rings (SSSR count). The van der Waals surface area contributed by atoms with E-state index in [0.29, 0.717) is 5.13 Å². The monoisotopic (exact) mass is 467 g/mol. The molecular formula is C20H14FN7O4S. The normalized spacial score (nSPS) is 13.7. The molecule has 4 aromatic heterocycles. The number of nitrogens with one attached hydrogen (secondary N) is 1. The van der Waals surface area contributed by atoms with Crippen molar-refractivity contribution in [2.24, 2.45) is 0 Å². The molecule has 5 heterocycles. The minimum atomic E-state index is -1.43. The van der Waals surface area contributed by atoms with Crippen LogP contribution >= 0.6 is 11.3 Å². The number of rotatable bonds is 5. The number of carboxylic acid groups (broad SMARTS) is 1. The van der Waals surface area contributed by atoms with Crippen molar-refractivity contribution in [2.75, 3.05) is 18.0 Å². The smallest absolute Gasteiger partial charge is 0.341 e. The van der Waals surface area contributed by atoms with Gasteiger partial charge >= 0.3 is 5.97 Å². The van der Waals surface area contributed by atoms with Crippen LogP contribution in [0.25, 0.3) is 16.2 Å². The Hall–Kier alpha value is -4.26. The number of carbonyl (C=O) groups is 2. The first-order valence-corrected chi connectivity index (χ1v) is 10.5. The quantitative estimate of drug-likeness (QED) is 0.441. The van der Waals surface area contributed by atoms with Crippen molar-refractivity contribution in [1.29, 1.82) is 0 Å². The maximum atomic E-state index is 14.9. The van der Waals surface area contributed by atoms with Gasteiger partial charge in [0.2, 0.25) is 11.3 Å². The number of amides is 1. The van der Waals surface area contributed by atoms with E-state index in [9.17, 15) is 23.9 Å². The van der Waals surface area contributed by atoms with Crippen molar-refractivity contribution < 1.29 is 19.1 Å². The molecule has 0 unspecified atom stereocenters. The maximum absolute atomic E-state index is 14.9. The second-order valence-electron chi connectivity index (χ2n) is 7.17. The first kappa shape index (κ1) is 20.6. The summed E-state index contributed by atoms with van der Waals surface area (Å²) in [4.78, 5) is 54.2. The molecule has 0 aromatic carbocycles. The predicted molar refractivity (Wildman–Crippen MR) is 115 cm³/mol. The van der Waals surface area contributed by atoms with Gasteiger partial charge in [-0.05, 0) is 12.1 Å². The summed E-state index contributed by atoms with van der Waals surface area (Å²) in [6.45, 7) is 0.561. The van der Waals surface area contributed by atoms with Crippen molar-refractivity contribution >= 4 is 40.1 Å². The summed E-state index contributed by atoms with van der Waals surface area (Å²) in [6, 6.07) is 2.31. The van der Waals surface area contributed by atoms with Gasteiger partial charge in [-0.2, -0.15) is 0 Å². The molecule has 0 aliphatic carbocycles. The lowest BCUT2D eigenvalue weighted by Gasteiger charge is -2.40. The van der Waals surface area contributed by atoms with Crippen LogP contribution in [0, 0.1) is 5.82 Å². The molecule has 1 aliphatic rings. The third-order valence-electron chi connectivity index (χ3n) is 5.05. The van der Waals surface area contributed by atoms with Gasteiger partial charge in [0.05, 0.1) is 11.4 Å². The molecule has 1 fully saturated rings. The molecule has 11 nitrogen and oxygen atoms in total. The Labute approximate surface area is 188 Å². The molecule has 1 saturated heterocycles. The van der Waals surface area contributed by atoms with Crippen LogP contribution in [0.2, 0.25) is 0 Å². The summed E-state index contributed by atoms with van der Waals surface area (Å²) in [6.07, 6.45) is 5.58. The topological polar surface area (TPSA) is 143 Å². The van der Waals surface area contributed by atoms with Crippen molar-refractivity contribution in [3.63, 3.8) is 0 Å². The average Bonchev–Trinajstić information content (AvgIpc) is 3.31. The molecule has 0 saturated carbocycles. The van der Waals surface area contributed by atoms with E-state index < -0.39 is 28.7 Å². The lowest BCUT2D eigenvalue weighted by Crippen LogP contribution is -2.60. The maximum Gasteiger partial charge on any atom is 0.341 e. The van der Waals surface area contributed by atoms with Gasteiger partial charge in [0.1, 0.15) is 5.56 Å². The van der Waals surface area contributed by atoms with Gasteiger partial charge in [0.25, 0.3) is 5.91 Å². The summed E-state index contributed by atoms with van der Waals surface area (Å²) in [5.41, 5.74) is -1.26. The van der Waals surface area contributed by atoms with E-state index >= 15 is 0 Å². The highest BCUT2D eigenvalue weighted by molar-refractivity contribution is 7.12. The Morgan fingerprint density at radius 1 is 1.18 bits per heavy atom. The summed E-state index contributed by atoms with van der Waals surface area (Å²) >= 11 is 1.21. The van der Waals surface area contributed by atoms with Gasteiger partial charge < -0.3 is 15.3 Å². The third kappa shape index (κ3) is 3.67. The van der Waals surface area contributed by atoms with Crippen molar-refractivity contribution in [1.82, 2.24) is 29.8 Å². The number of thiazole rings is 1. The van der Waals surface area contributed by atoms with Crippen LogP contribution in [0.5, 0.6) is 0 Å². The number of hydrogen-bond donors (Lipinski definition) is 2. The minimum Gasteiger partial charge on any atom is -0.477 e. The first-order chi connectivity index (χ1) is 15.9. The van der Waals surface area contributed by atoms with Crippen LogP contribution < -0.4 is 15.6 Å². The molecule has 166 valence electrons. The number of halogens is 1. The lowest BCUT2D eigenvalue weighted by molar-refractivity contribution is 0.0694. The molecule has 2 N–H and O–H groups in total. The van der Waals surface area contributed by atoms with E-state index in [2.05, 4.69) is 25.3 Å². The van der Waals surface area contributed by atoms with Crippen LogP contribution in [-0.2, 0) is 0 Å².